The lowest BCUT2D eigenvalue weighted by Gasteiger charge is -2.33. The van der Waals surface area contributed by atoms with Crippen molar-refractivity contribution in [3.63, 3.8) is 0 Å². The van der Waals surface area contributed by atoms with E-state index in [1.807, 2.05) is 0 Å². The van der Waals surface area contributed by atoms with Crippen molar-refractivity contribution in [2.45, 2.75) is 181 Å². The number of unbranched alkanes of at least 4 members (excludes halogenated alkanes) is 20. The van der Waals surface area contributed by atoms with E-state index in [-0.39, 0.29) is 0 Å². The van der Waals surface area contributed by atoms with E-state index >= 15 is 0 Å². The van der Waals surface area contributed by atoms with E-state index in [2.05, 4.69) is 43.0 Å². The van der Waals surface area contributed by atoms with Gasteiger partial charge in [-0.3, -0.25) is 0 Å². The summed E-state index contributed by atoms with van der Waals surface area (Å²) >= 11 is 0. The third kappa shape index (κ3) is 16.9. The predicted octanol–water partition coefficient (Wildman–Crippen LogP) is 10.8. The second-order valence-corrected chi connectivity index (χ2v) is 11.1. The standard InChI is InChI=1S/C32H64N2/c1-4-7-10-13-16-18-19-21-24-27-32-33(28-25-22-15-12-9-6-3)30-31-34(32)29-26-23-20-17-14-11-8-5-2/h30-32H,4-29H2,1-3H3. The fourth-order valence-electron chi connectivity index (χ4n) is 5.48. The molecule has 0 aromatic carbocycles. The molecular formula is C32H64N2. The van der Waals surface area contributed by atoms with E-state index in [0.29, 0.717) is 6.17 Å². The number of hydrogen-bond donors (Lipinski definition) is 0. The fourth-order valence-corrected chi connectivity index (χ4v) is 5.48. The molecule has 2 nitrogen and oxygen atoms in total. The summed E-state index contributed by atoms with van der Waals surface area (Å²) < 4.78 is 0. The van der Waals surface area contributed by atoms with E-state index in [9.17, 15) is 0 Å². The topological polar surface area (TPSA) is 6.48 Å². The van der Waals surface area contributed by atoms with E-state index in [1.54, 1.807) is 0 Å². The second kappa shape index (κ2) is 24.1. The van der Waals surface area contributed by atoms with Crippen LogP contribution in [0.25, 0.3) is 0 Å². The SMILES string of the molecule is CCCCCCCCCCCC1N(CCCCCCCC)C=CN1CCCCCCCCCC. The van der Waals surface area contributed by atoms with E-state index < -0.39 is 0 Å². The molecule has 34 heavy (non-hydrogen) atoms. The lowest BCUT2D eigenvalue weighted by atomic mass is 10.0. The molecule has 0 amide bonds. The smallest absolute Gasteiger partial charge is 0.101 e. The molecule has 1 aliphatic heterocycles. The van der Waals surface area contributed by atoms with Crippen molar-refractivity contribution in [2.75, 3.05) is 13.1 Å². The van der Waals surface area contributed by atoms with E-state index in [0.717, 1.165) is 0 Å². The first-order chi connectivity index (χ1) is 16.8. The third-order valence-electron chi connectivity index (χ3n) is 7.82. The van der Waals surface area contributed by atoms with Crippen molar-refractivity contribution in [2.24, 2.45) is 0 Å². The second-order valence-electron chi connectivity index (χ2n) is 11.1. The molecule has 1 atom stereocenters. The zero-order valence-electron chi connectivity index (χ0n) is 24.0. The van der Waals surface area contributed by atoms with Gasteiger partial charge >= 0.3 is 0 Å². The van der Waals surface area contributed by atoms with Crippen LogP contribution in [-0.2, 0) is 0 Å². The van der Waals surface area contributed by atoms with Gasteiger partial charge in [0.2, 0.25) is 0 Å². The van der Waals surface area contributed by atoms with Crippen LogP contribution in [0.1, 0.15) is 175 Å². The first-order valence-corrected chi connectivity index (χ1v) is 16.0. The van der Waals surface area contributed by atoms with Crippen LogP contribution >= 0.6 is 0 Å². The van der Waals surface area contributed by atoms with Gasteiger partial charge in [0.25, 0.3) is 0 Å². The van der Waals surface area contributed by atoms with Gasteiger partial charge < -0.3 is 9.80 Å². The van der Waals surface area contributed by atoms with Gasteiger partial charge in [-0.25, -0.2) is 0 Å². The molecule has 0 fully saturated rings. The zero-order chi connectivity index (χ0) is 24.5. The summed E-state index contributed by atoms with van der Waals surface area (Å²) in [6.07, 6.45) is 39.5. The van der Waals surface area contributed by atoms with Gasteiger partial charge in [-0.1, -0.05) is 149 Å². The summed E-state index contributed by atoms with van der Waals surface area (Å²) in [5.74, 6) is 0. The van der Waals surface area contributed by atoms with Gasteiger partial charge in [-0.2, -0.15) is 0 Å². The van der Waals surface area contributed by atoms with Crippen LogP contribution in [0, 0.1) is 0 Å². The zero-order valence-corrected chi connectivity index (χ0v) is 24.0. The van der Waals surface area contributed by atoms with Gasteiger partial charge in [0.15, 0.2) is 0 Å². The number of hydrogen-bond acceptors (Lipinski definition) is 2. The summed E-state index contributed by atoms with van der Waals surface area (Å²) in [4.78, 5) is 5.38. The minimum absolute atomic E-state index is 0.643. The van der Waals surface area contributed by atoms with Crippen LogP contribution in [0.3, 0.4) is 0 Å². The molecule has 0 bridgehead atoms. The number of rotatable bonds is 26. The first-order valence-electron chi connectivity index (χ1n) is 16.0. The Morgan fingerprint density at radius 3 is 1.03 bits per heavy atom. The van der Waals surface area contributed by atoms with Gasteiger partial charge in [0.05, 0.1) is 0 Å². The molecule has 0 spiro atoms. The lowest BCUT2D eigenvalue weighted by Crippen LogP contribution is -2.39. The summed E-state index contributed by atoms with van der Waals surface area (Å²) in [5.41, 5.74) is 0. The molecule has 0 saturated heterocycles. The first kappa shape index (κ1) is 31.4. The highest BCUT2D eigenvalue weighted by Crippen LogP contribution is 2.24. The fraction of sp³-hybridized carbons (Fsp3) is 0.938. The van der Waals surface area contributed by atoms with Crippen molar-refractivity contribution in [3.05, 3.63) is 12.4 Å². The molecule has 1 aliphatic rings. The van der Waals surface area contributed by atoms with Crippen LogP contribution in [0.4, 0.5) is 0 Å². The molecule has 0 saturated carbocycles. The molecule has 202 valence electrons. The Morgan fingerprint density at radius 1 is 0.382 bits per heavy atom. The Hall–Kier alpha value is -0.660. The Kier molecular flexibility index (Phi) is 22.2. The molecular weight excluding hydrogens is 412 g/mol. The minimum Gasteiger partial charge on any atom is -0.356 e. The average molecular weight is 477 g/mol. The summed E-state index contributed by atoms with van der Waals surface area (Å²) in [6.45, 7) is 9.46. The van der Waals surface area contributed by atoms with Crippen LogP contribution in [0.5, 0.6) is 0 Å². The van der Waals surface area contributed by atoms with Crippen molar-refractivity contribution in [3.8, 4) is 0 Å². The van der Waals surface area contributed by atoms with Crippen LogP contribution in [0.2, 0.25) is 0 Å². The van der Waals surface area contributed by atoms with E-state index in [4.69, 9.17) is 0 Å². The normalized spacial score (nSPS) is 15.7. The van der Waals surface area contributed by atoms with Gasteiger partial charge in [-0.05, 0) is 25.7 Å². The molecule has 0 radical (unpaired) electrons. The minimum atomic E-state index is 0.643. The van der Waals surface area contributed by atoms with Gasteiger partial charge in [0, 0.05) is 25.5 Å². The quantitative estimate of drug-likeness (QED) is 0.114. The van der Waals surface area contributed by atoms with Gasteiger partial charge in [-0.15, -0.1) is 0 Å². The third-order valence-corrected chi connectivity index (χ3v) is 7.82. The predicted molar refractivity (Wildman–Crippen MR) is 154 cm³/mol. The molecule has 0 aromatic heterocycles. The number of nitrogens with zero attached hydrogens (tertiary/aromatic N) is 2. The van der Waals surface area contributed by atoms with Crippen LogP contribution in [0.15, 0.2) is 12.4 Å². The molecule has 0 aromatic rings. The van der Waals surface area contributed by atoms with Crippen molar-refractivity contribution >= 4 is 0 Å². The van der Waals surface area contributed by atoms with Crippen LogP contribution in [-0.4, -0.2) is 29.1 Å². The Bertz CT molecular complexity index is 433. The largest absolute Gasteiger partial charge is 0.356 e. The summed E-state index contributed by atoms with van der Waals surface area (Å²) in [5, 5.41) is 0. The van der Waals surface area contributed by atoms with Crippen molar-refractivity contribution in [1.29, 1.82) is 0 Å². The molecule has 0 aliphatic carbocycles. The highest BCUT2D eigenvalue weighted by molar-refractivity contribution is 4.97. The molecule has 0 N–H and O–H groups in total. The van der Waals surface area contributed by atoms with Crippen LogP contribution < -0.4 is 0 Å². The maximum absolute atomic E-state index is 2.69. The molecule has 2 heteroatoms. The molecule has 1 unspecified atom stereocenters. The van der Waals surface area contributed by atoms with E-state index in [1.165, 1.54) is 167 Å². The maximum Gasteiger partial charge on any atom is 0.101 e. The Balaban J connectivity index is 2.27. The van der Waals surface area contributed by atoms with Crippen molar-refractivity contribution in [1.82, 2.24) is 9.80 Å². The molecule has 1 rings (SSSR count). The monoisotopic (exact) mass is 477 g/mol. The lowest BCUT2D eigenvalue weighted by molar-refractivity contribution is 0.135. The Labute approximate surface area is 216 Å². The highest BCUT2D eigenvalue weighted by Gasteiger charge is 2.24. The summed E-state index contributed by atoms with van der Waals surface area (Å²) in [7, 11) is 0. The van der Waals surface area contributed by atoms with Crippen molar-refractivity contribution < 1.29 is 0 Å². The highest BCUT2D eigenvalue weighted by atomic mass is 15.4. The average Bonchev–Trinajstić information content (AvgIpc) is 3.23. The molecule has 1 heterocycles. The van der Waals surface area contributed by atoms with Gasteiger partial charge in [0.1, 0.15) is 6.17 Å². The maximum atomic E-state index is 2.69. The Morgan fingerprint density at radius 2 is 0.676 bits per heavy atom. The summed E-state index contributed by atoms with van der Waals surface area (Å²) in [6, 6.07) is 0.